The highest BCUT2D eigenvalue weighted by atomic mass is 32.2. The average Bonchev–Trinajstić information content (AvgIpc) is 3.76. The standard InChI is InChI=1S/C35H32N10O11S/c1-21(2)24-10-13-29(37-19-24)57(49,50)42-33-30(56-28-7-5-4-6-27(28)51-3)34(39-31(38-33)23-14-15-36-26(18-23)32-40-43-44-41-32)52-16-17-53-35(46)55-25-11-8-22(9-12-25)20-54-45(47)48/h4-15,18-19,21H,16-17,20H2,1-3H3,(H,38,39,42)(H,40,41,43,44). The van der Waals surface area contributed by atoms with Crippen molar-refractivity contribution in [2.45, 2.75) is 31.4 Å². The topological polar surface area (TPSA) is 268 Å². The minimum absolute atomic E-state index is 0.0401. The molecule has 57 heavy (non-hydrogen) atoms. The van der Waals surface area contributed by atoms with Crippen LogP contribution >= 0.6 is 0 Å². The predicted octanol–water partition coefficient (Wildman–Crippen LogP) is 5.14. The number of tetrazole rings is 1. The molecular formula is C35H32N10O11S. The number of pyridine rings is 2. The Morgan fingerprint density at radius 2 is 1.77 bits per heavy atom. The van der Waals surface area contributed by atoms with Crippen molar-refractivity contribution in [3.05, 3.63) is 106 Å². The van der Waals surface area contributed by atoms with E-state index >= 15 is 0 Å². The van der Waals surface area contributed by atoms with Gasteiger partial charge in [0, 0.05) is 18.0 Å². The van der Waals surface area contributed by atoms with E-state index in [1.165, 1.54) is 49.8 Å². The fraction of sp³-hybridized carbons (Fsp3) is 0.200. The number of sulfonamides is 1. The second kappa shape index (κ2) is 17.8. The van der Waals surface area contributed by atoms with E-state index in [-0.39, 0.29) is 77.1 Å². The highest BCUT2D eigenvalue weighted by Crippen LogP contribution is 2.42. The minimum Gasteiger partial charge on any atom is -0.493 e. The Hall–Kier alpha value is -7.49. The number of para-hydroxylation sites is 2. The number of carbonyl (C=O) groups excluding carboxylic acids is 1. The molecule has 0 saturated carbocycles. The van der Waals surface area contributed by atoms with Crippen LogP contribution in [0.3, 0.4) is 0 Å². The summed E-state index contributed by atoms with van der Waals surface area (Å²) in [6.07, 6.45) is 1.84. The van der Waals surface area contributed by atoms with Crippen molar-refractivity contribution in [1.29, 1.82) is 0 Å². The number of hydrogen-bond acceptors (Lipinski definition) is 18. The van der Waals surface area contributed by atoms with Crippen LogP contribution in [0.1, 0.15) is 30.9 Å². The second-order valence-electron chi connectivity index (χ2n) is 11.8. The van der Waals surface area contributed by atoms with Gasteiger partial charge in [-0.15, -0.1) is 15.2 Å². The molecule has 0 atom stereocenters. The maximum absolute atomic E-state index is 13.8. The molecule has 0 fully saturated rings. The largest absolute Gasteiger partial charge is 0.513 e. The molecule has 0 bridgehead atoms. The number of aromatic nitrogens is 8. The van der Waals surface area contributed by atoms with Gasteiger partial charge >= 0.3 is 6.16 Å². The zero-order valence-corrected chi connectivity index (χ0v) is 31.1. The molecule has 0 radical (unpaired) electrons. The van der Waals surface area contributed by atoms with E-state index in [9.17, 15) is 23.3 Å². The molecule has 0 spiro atoms. The third-order valence-corrected chi connectivity index (χ3v) is 8.91. The van der Waals surface area contributed by atoms with Gasteiger partial charge in [0.15, 0.2) is 34.0 Å². The lowest BCUT2D eigenvalue weighted by molar-refractivity contribution is -0.763. The third kappa shape index (κ3) is 10.2. The molecular weight excluding hydrogens is 769 g/mol. The van der Waals surface area contributed by atoms with Crippen LogP contribution in [0.15, 0.2) is 90.2 Å². The van der Waals surface area contributed by atoms with E-state index in [2.05, 4.69) is 50.1 Å². The number of methoxy groups -OCH3 is 1. The van der Waals surface area contributed by atoms with E-state index in [1.54, 1.807) is 42.5 Å². The summed E-state index contributed by atoms with van der Waals surface area (Å²) in [5.74, 6) is -0.0419. The van der Waals surface area contributed by atoms with Gasteiger partial charge in [0.05, 0.1) is 7.11 Å². The molecule has 2 aromatic carbocycles. The van der Waals surface area contributed by atoms with Crippen LogP contribution < -0.4 is 23.7 Å². The van der Waals surface area contributed by atoms with Gasteiger partial charge < -0.3 is 28.5 Å². The third-order valence-electron chi connectivity index (χ3n) is 7.66. The van der Waals surface area contributed by atoms with Gasteiger partial charge in [-0.25, -0.2) is 19.9 Å². The molecule has 6 aromatic rings. The van der Waals surface area contributed by atoms with E-state index in [4.69, 9.17) is 23.7 Å². The monoisotopic (exact) mass is 800 g/mol. The Balaban J connectivity index is 1.32. The number of rotatable bonds is 17. The first-order valence-corrected chi connectivity index (χ1v) is 18.2. The Morgan fingerprint density at radius 3 is 2.46 bits per heavy atom. The number of ether oxygens (including phenoxy) is 5. The van der Waals surface area contributed by atoms with Crippen molar-refractivity contribution < 1.29 is 46.8 Å². The van der Waals surface area contributed by atoms with Crippen LogP contribution in [-0.4, -0.2) is 80.5 Å². The number of hydrogen-bond donors (Lipinski definition) is 2. The summed E-state index contributed by atoms with van der Waals surface area (Å²) in [6, 6.07) is 18.5. The molecule has 294 valence electrons. The summed E-state index contributed by atoms with van der Waals surface area (Å²) in [4.78, 5) is 44.8. The van der Waals surface area contributed by atoms with Gasteiger partial charge in [-0.3, -0.25) is 9.71 Å². The molecule has 0 saturated heterocycles. The molecule has 4 aromatic heterocycles. The first-order valence-electron chi connectivity index (χ1n) is 16.7. The second-order valence-corrected chi connectivity index (χ2v) is 13.5. The number of aromatic amines is 1. The molecule has 21 nitrogen and oxygen atoms in total. The number of nitrogens with one attached hydrogen (secondary N) is 2. The Kier molecular flexibility index (Phi) is 12.2. The molecule has 0 amide bonds. The van der Waals surface area contributed by atoms with Crippen LogP contribution in [0, 0.1) is 10.1 Å². The highest BCUT2D eigenvalue weighted by Gasteiger charge is 2.27. The molecule has 22 heteroatoms. The predicted molar refractivity (Wildman–Crippen MR) is 196 cm³/mol. The Morgan fingerprint density at radius 1 is 0.982 bits per heavy atom. The highest BCUT2D eigenvalue weighted by molar-refractivity contribution is 7.92. The Labute approximate surface area is 323 Å². The molecule has 0 aliphatic heterocycles. The zero-order chi connectivity index (χ0) is 40.4. The smallest absolute Gasteiger partial charge is 0.493 e. The summed E-state index contributed by atoms with van der Waals surface area (Å²) in [5, 5.41) is 22.9. The number of anilines is 1. The first-order chi connectivity index (χ1) is 27.5. The maximum atomic E-state index is 13.8. The molecule has 0 unspecified atom stereocenters. The van der Waals surface area contributed by atoms with Crippen molar-refractivity contribution in [2.75, 3.05) is 25.0 Å². The van der Waals surface area contributed by atoms with E-state index in [0.29, 0.717) is 16.8 Å². The SMILES string of the molecule is COc1ccccc1Oc1c(NS(=O)(=O)c2ccc(C(C)C)cn2)nc(-c2ccnc(-c3nnn[nH]3)c2)nc1OCCOC(=O)Oc1ccc(CO[N+](=O)[O-])cc1. The minimum atomic E-state index is -4.41. The van der Waals surface area contributed by atoms with Crippen LogP contribution in [0.2, 0.25) is 0 Å². The average molecular weight is 801 g/mol. The molecule has 4 heterocycles. The quantitative estimate of drug-likeness (QED) is 0.0397. The van der Waals surface area contributed by atoms with Gasteiger partial charge in [-0.2, -0.15) is 13.4 Å². The van der Waals surface area contributed by atoms with E-state index < -0.39 is 21.3 Å². The summed E-state index contributed by atoms with van der Waals surface area (Å²) in [5.41, 5.74) is 1.96. The maximum Gasteiger partial charge on any atom is 0.513 e. The normalized spacial score (nSPS) is 11.1. The van der Waals surface area contributed by atoms with Crippen LogP contribution in [-0.2, 0) is 26.2 Å². The summed E-state index contributed by atoms with van der Waals surface area (Å²) in [6.45, 7) is 2.92. The lowest BCUT2D eigenvalue weighted by atomic mass is 10.1. The van der Waals surface area contributed by atoms with Crippen molar-refractivity contribution >= 4 is 22.0 Å². The van der Waals surface area contributed by atoms with Crippen molar-refractivity contribution in [3.8, 4) is 51.8 Å². The lowest BCUT2D eigenvalue weighted by Gasteiger charge is -2.18. The fourth-order valence-corrected chi connectivity index (χ4v) is 5.78. The van der Waals surface area contributed by atoms with Crippen molar-refractivity contribution in [2.24, 2.45) is 0 Å². The number of benzene rings is 2. The van der Waals surface area contributed by atoms with Gasteiger partial charge in [-0.05, 0) is 69.9 Å². The fourth-order valence-electron chi connectivity index (χ4n) is 4.84. The van der Waals surface area contributed by atoms with Crippen LogP contribution in [0.4, 0.5) is 10.6 Å². The molecule has 0 aliphatic carbocycles. The summed E-state index contributed by atoms with van der Waals surface area (Å²) >= 11 is 0. The summed E-state index contributed by atoms with van der Waals surface area (Å²) < 4.78 is 58.2. The first kappa shape index (κ1) is 39.2. The number of carbonyl (C=O) groups is 1. The van der Waals surface area contributed by atoms with Crippen LogP contribution in [0.5, 0.6) is 28.9 Å². The Bertz CT molecular complexity index is 2440. The van der Waals surface area contributed by atoms with Crippen molar-refractivity contribution in [3.63, 3.8) is 0 Å². The van der Waals surface area contributed by atoms with Gasteiger partial charge in [0.25, 0.3) is 21.0 Å². The van der Waals surface area contributed by atoms with E-state index in [1.807, 2.05) is 13.8 Å². The van der Waals surface area contributed by atoms with Crippen molar-refractivity contribution in [1.82, 2.24) is 40.6 Å². The van der Waals surface area contributed by atoms with Gasteiger partial charge in [0.1, 0.15) is 31.3 Å². The molecule has 0 aliphatic rings. The van der Waals surface area contributed by atoms with E-state index in [0.717, 1.165) is 5.56 Å². The number of H-pyrrole nitrogens is 1. The molecule has 6 rings (SSSR count). The van der Waals surface area contributed by atoms with Gasteiger partial charge in [0.2, 0.25) is 5.75 Å². The summed E-state index contributed by atoms with van der Waals surface area (Å²) in [7, 11) is -2.98. The number of nitrogens with zero attached hydrogens (tertiary/aromatic N) is 8. The molecule has 2 N–H and O–H groups in total. The zero-order valence-electron chi connectivity index (χ0n) is 30.3. The van der Waals surface area contributed by atoms with Gasteiger partial charge in [-0.1, -0.05) is 44.2 Å². The van der Waals surface area contributed by atoms with Crippen LogP contribution in [0.25, 0.3) is 22.9 Å². The lowest BCUT2D eigenvalue weighted by Crippen LogP contribution is -2.18.